The summed E-state index contributed by atoms with van der Waals surface area (Å²) >= 11 is 0. The highest BCUT2D eigenvalue weighted by Gasteiger charge is 2.24. The van der Waals surface area contributed by atoms with Gasteiger partial charge < -0.3 is 34.3 Å². The Labute approximate surface area is 245 Å². The van der Waals surface area contributed by atoms with Crippen LogP contribution in [0.4, 0.5) is 5.69 Å². The molecule has 3 aromatic rings. The Morgan fingerprint density at radius 3 is 2.44 bits per heavy atom. The Kier molecular flexibility index (Phi) is 11.6. The molecule has 0 saturated heterocycles. The van der Waals surface area contributed by atoms with Gasteiger partial charge in [-0.2, -0.15) is 0 Å². The van der Waals surface area contributed by atoms with E-state index in [1.165, 1.54) is 22.3 Å². The van der Waals surface area contributed by atoms with Crippen molar-refractivity contribution in [3.05, 3.63) is 76.9 Å². The minimum Gasteiger partial charge on any atom is -0.508 e. The van der Waals surface area contributed by atoms with Crippen molar-refractivity contribution < 1.29 is 24.1 Å². The van der Waals surface area contributed by atoms with Crippen molar-refractivity contribution in [3.63, 3.8) is 0 Å². The molecule has 7 nitrogen and oxygen atoms in total. The second-order valence-electron chi connectivity index (χ2n) is 10.7. The van der Waals surface area contributed by atoms with Crippen LogP contribution in [0.3, 0.4) is 0 Å². The summed E-state index contributed by atoms with van der Waals surface area (Å²) in [7, 11) is 5.45. The molecule has 3 aromatic carbocycles. The number of phenols is 1. The monoisotopic (exact) mass is 562 g/mol. The highest BCUT2D eigenvalue weighted by molar-refractivity contribution is 5.62. The summed E-state index contributed by atoms with van der Waals surface area (Å²) in [4.78, 5) is 2.22. The van der Waals surface area contributed by atoms with E-state index in [9.17, 15) is 5.11 Å². The molecule has 222 valence electrons. The summed E-state index contributed by atoms with van der Waals surface area (Å²) in [5.41, 5.74) is 6.21. The van der Waals surface area contributed by atoms with Crippen LogP contribution in [0.5, 0.6) is 23.0 Å². The van der Waals surface area contributed by atoms with Crippen LogP contribution in [0, 0.1) is 0 Å². The predicted molar refractivity (Wildman–Crippen MR) is 165 cm³/mol. The second kappa shape index (κ2) is 15.5. The maximum atomic E-state index is 9.89. The van der Waals surface area contributed by atoms with Gasteiger partial charge in [-0.25, -0.2) is 0 Å². The summed E-state index contributed by atoms with van der Waals surface area (Å²) in [6.07, 6.45) is 4.91. The van der Waals surface area contributed by atoms with E-state index >= 15 is 0 Å². The van der Waals surface area contributed by atoms with Crippen LogP contribution < -0.4 is 19.5 Å². The highest BCUT2D eigenvalue weighted by Crippen LogP contribution is 2.42. The molecule has 0 fully saturated rings. The molecule has 1 unspecified atom stereocenters. The molecule has 0 saturated carbocycles. The van der Waals surface area contributed by atoms with Gasteiger partial charge in [0.2, 0.25) is 0 Å². The molecule has 1 atom stereocenters. The van der Waals surface area contributed by atoms with Gasteiger partial charge in [0.15, 0.2) is 11.5 Å². The molecule has 0 heterocycles. The summed E-state index contributed by atoms with van der Waals surface area (Å²) in [5, 5.41) is 13.6. The molecule has 0 aliphatic heterocycles. The van der Waals surface area contributed by atoms with Crippen molar-refractivity contribution in [2.45, 2.75) is 44.9 Å². The van der Waals surface area contributed by atoms with Gasteiger partial charge in [0.05, 0.1) is 20.8 Å². The molecule has 0 aromatic heterocycles. The van der Waals surface area contributed by atoms with Gasteiger partial charge in [0, 0.05) is 38.0 Å². The molecule has 0 spiro atoms. The molecule has 1 aliphatic carbocycles. The summed E-state index contributed by atoms with van der Waals surface area (Å²) < 4.78 is 22.6. The predicted octanol–water partition coefficient (Wildman–Crippen LogP) is 6.07. The molecule has 4 rings (SSSR count). The number of likely N-dealkylation sites (N-methyl/N-ethyl adjacent to an activating group) is 1. The van der Waals surface area contributed by atoms with Crippen LogP contribution in [-0.4, -0.2) is 70.7 Å². The third-order valence-electron chi connectivity index (χ3n) is 7.86. The first-order valence-electron chi connectivity index (χ1n) is 14.8. The van der Waals surface area contributed by atoms with E-state index < -0.39 is 0 Å². The molecule has 0 bridgehead atoms. The SMILES string of the molecule is CCOCCN(C)CCOc1ccc(CCCNc2cc(OC)c(OC)cc2C2CCc3cc(O)ccc3C2)cc1. The molecule has 1 aliphatic rings. The standard InChI is InChI=1S/C34H46N2O5/c1-5-40-19-17-36(2)18-20-41-30-14-8-25(9-15-30)7-6-16-35-32-24-34(39-4)33(38-3)23-31(32)28-11-10-27-22-29(37)13-12-26(27)21-28/h8-9,12-15,22-24,28,35,37H,5-7,10-11,16-21H2,1-4H3. The number of benzene rings is 3. The van der Waals surface area contributed by atoms with Gasteiger partial charge in [-0.1, -0.05) is 18.2 Å². The van der Waals surface area contributed by atoms with Crippen molar-refractivity contribution in [2.24, 2.45) is 0 Å². The number of ether oxygens (including phenoxy) is 4. The fourth-order valence-corrected chi connectivity index (χ4v) is 5.46. The molecular formula is C34H46N2O5. The van der Waals surface area contributed by atoms with E-state index in [4.69, 9.17) is 18.9 Å². The lowest BCUT2D eigenvalue weighted by Crippen LogP contribution is -2.27. The van der Waals surface area contributed by atoms with Gasteiger partial charge in [0.25, 0.3) is 0 Å². The van der Waals surface area contributed by atoms with Crippen molar-refractivity contribution in [1.82, 2.24) is 4.90 Å². The Hall–Kier alpha value is -3.42. The number of hydrogen-bond donors (Lipinski definition) is 2. The van der Waals surface area contributed by atoms with Crippen LogP contribution in [0.1, 0.15) is 47.9 Å². The van der Waals surface area contributed by atoms with E-state index in [1.807, 2.05) is 13.0 Å². The Balaban J connectivity index is 1.30. The van der Waals surface area contributed by atoms with Crippen LogP contribution in [0.2, 0.25) is 0 Å². The number of nitrogens with zero attached hydrogens (tertiary/aromatic N) is 1. The number of anilines is 1. The first-order valence-corrected chi connectivity index (χ1v) is 14.8. The summed E-state index contributed by atoms with van der Waals surface area (Å²) in [6.45, 7) is 6.83. The quantitative estimate of drug-likeness (QED) is 0.205. The summed E-state index contributed by atoms with van der Waals surface area (Å²) in [6, 6.07) is 18.4. The van der Waals surface area contributed by atoms with Crippen molar-refractivity contribution in [1.29, 1.82) is 0 Å². The zero-order valence-corrected chi connectivity index (χ0v) is 25.1. The van der Waals surface area contributed by atoms with Crippen LogP contribution in [0.25, 0.3) is 0 Å². The molecule has 0 radical (unpaired) electrons. The van der Waals surface area contributed by atoms with Crippen LogP contribution >= 0.6 is 0 Å². The number of fused-ring (bicyclic) bond motifs is 1. The third kappa shape index (κ3) is 8.78. The van der Waals surface area contributed by atoms with Gasteiger partial charge in [0.1, 0.15) is 18.1 Å². The largest absolute Gasteiger partial charge is 0.508 e. The average molecular weight is 563 g/mol. The summed E-state index contributed by atoms with van der Waals surface area (Å²) in [5.74, 6) is 3.10. The maximum absolute atomic E-state index is 9.89. The number of aryl methyl sites for hydroxylation is 2. The Morgan fingerprint density at radius 1 is 0.927 bits per heavy atom. The van der Waals surface area contributed by atoms with Crippen LogP contribution in [0.15, 0.2) is 54.6 Å². The van der Waals surface area contributed by atoms with E-state index in [-0.39, 0.29) is 0 Å². The van der Waals surface area contributed by atoms with E-state index in [1.54, 1.807) is 20.3 Å². The number of methoxy groups -OCH3 is 2. The number of aromatic hydroxyl groups is 1. The lowest BCUT2D eigenvalue weighted by molar-refractivity contribution is 0.116. The normalized spacial score (nSPS) is 14.5. The van der Waals surface area contributed by atoms with Crippen molar-refractivity contribution >= 4 is 5.69 Å². The Bertz CT molecular complexity index is 1230. The van der Waals surface area contributed by atoms with Crippen molar-refractivity contribution in [3.8, 4) is 23.0 Å². The molecule has 2 N–H and O–H groups in total. The number of rotatable bonds is 16. The smallest absolute Gasteiger partial charge is 0.162 e. The zero-order valence-electron chi connectivity index (χ0n) is 25.1. The number of phenolic OH excluding ortho intramolecular Hbond substituents is 1. The second-order valence-corrected chi connectivity index (χ2v) is 10.7. The van der Waals surface area contributed by atoms with E-state index in [0.717, 1.165) is 87.9 Å². The number of nitrogens with one attached hydrogen (secondary N) is 1. The fraction of sp³-hybridized carbons (Fsp3) is 0.471. The topological polar surface area (TPSA) is 72.4 Å². The van der Waals surface area contributed by atoms with E-state index in [2.05, 4.69) is 59.7 Å². The lowest BCUT2D eigenvalue weighted by atomic mass is 9.79. The number of hydrogen-bond acceptors (Lipinski definition) is 7. The van der Waals surface area contributed by atoms with Crippen LogP contribution in [-0.2, 0) is 24.0 Å². The molecule has 7 heteroatoms. The maximum Gasteiger partial charge on any atom is 0.162 e. The first kappa shape index (κ1) is 30.5. The van der Waals surface area contributed by atoms with Gasteiger partial charge >= 0.3 is 0 Å². The third-order valence-corrected chi connectivity index (χ3v) is 7.86. The van der Waals surface area contributed by atoms with E-state index in [0.29, 0.717) is 18.3 Å². The zero-order chi connectivity index (χ0) is 29.0. The Morgan fingerprint density at radius 2 is 1.68 bits per heavy atom. The minimum atomic E-state index is 0.342. The van der Waals surface area contributed by atoms with Gasteiger partial charge in [-0.15, -0.1) is 0 Å². The average Bonchev–Trinajstić information content (AvgIpc) is 2.99. The van der Waals surface area contributed by atoms with Gasteiger partial charge in [-0.3, -0.25) is 0 Å². The minimum absolute atomic E-state index is 0.342. The molecule has 0 amide bonds. The highest BCUT2D eigenvalue weighted by atomic mass is 16.5. The van der Waals surface area contributed by atoms with Crippen molar-refractivity contribution in [2.75, 3.05) is 66.0 Å². The lowest BCUT2D eigenvalue weighted by Gasteiger charge is -2.28. The molecular weight excluding hydrogens is 516 g/mol. The van der Waals surface area contributed by atoms with Gasteiger partial charge in [-0.05, 0) is 105 Å². The first-order chi connectivity index (χ1) is 20.0. The fourth-order valence-electron chi connectivity index (χ4n) is 5.46. The molecule has 41 heavy (non-hydrogen) atoms.